The van der Waals surface area contributed by atoms with E-state index in [4.69, 9.17) is 5.73 Å². The SMILES string of the molecule is CCCC(C)(N)CNCc1ccc(CC)s1. The first-order chi connectivity index (χ1) is 7.57. The summed E-state index contributed by atoms with van der Waals surface area (Å²) in [6.45, 7) is 8.33. The standard InChI is InChI=1S/C13H24N2S/c1-4-8-13(3,14)10-15-9-12-7-6-11(5-2)16-12/h6-7,15H,4-5,8-10,14H2,1-3H3. The molecule has 3 heteroatoms. The van der Waals surface area contributed by atoms with Gasteiger partial charge in [0.1, 0.15) is 0 Å². The molecule has 3 N–H and O–H groups in total. The molecule has 0 radical (unpaired) electrons. The zero-order valence-electron chi connectivity index (χ0n) is 10.7. The van der Waals surface area contributed by atoms with Crippen LogP contribution in [0.5, 0.6) is 0 Å². The van der Waals surface area contributed by atoms with Gasteiger partial charge in [-0.05, 0) is 31.9 Å². The predicted octanol–water partition coefficient (Wildman–Crippen LogP) is 2.92. The Balaban J connectivity index is 2.29. The number of thiophene rings is 1. The Kier molecular flexibility index (Phi) is 5.46. The van der Waals surface area contributed by atoms with Crippen molar-refractivity contribution < 1.29 is 0 Å². The van der Waals surface area contributed by atoms with Crippen LogP contribution in [-0.4, -0.2) is 12.1 Å². The topological polar surface area (TPSA) is 38.0 Å². The molecule has 2 nitrogen and oxygen atoms in total. The highest BCUT2D eigenvalue weighted by Gasteiger charge is 2.16. The summed E-state index contributed by atoms with van der Waals surface area (Å²) in [5.74, 6) is 0. The predicted molar refractivity (Wildman–Crippen MR) is 72.9 cm³/mol. The number of hydrogen-bond donors (Lipinski definition) is 2. The Labute approximate surface area is 103 Å². The fraction of sp³-hybridized carbons (Fsp3) is 0.692. The summed E-state index contributed by atoms with van der Waals surface area (Å²) in [6, 6.07) is 4.43. The number of nitrogens with two attached hydrogens (primary N) is 1. The van der Waals surface area contributed by atoms with Gasteiger partial charge < -0.3 is 11.1 Å². The Bertz CT molecular complexity index is 305. The fourth-order valence-corrected chi connectivity index (χ4v) is 2.77. The van der Waals surface area contributed by atoms with E-state index in [0.717, 1.165) is 32.4 Å². The summed E-state index contributed by atoms with van der Waals surface area (Å²) >= 11 is 1.89. The monoisotopic (exact) mass is 240 g/mol. The van der Waals surface area contributed by atoms with E-state index in [-0.39, 0.29) is 5.54 Å². The zero-order valence-corrected chi connectivity index (χ0v) is 11.5. The summed E-state index contributed by atoms with van der Waals surface area (Å²) in [6.07, 6.45) is 3.35. The van der Waals surface area contributed by atoms with Crippen molar-refractivity contribution in [1.82, 2.24) is 5.32 Å². The smallest absolute Gasteiger partial charge is 0.0300 e. The largest absolute Gasteiger partial charge is 0.324 e. The van der Waals surface area contributed by atoms with Crippen molar-refractivity contribution in [2.75, 3.05) is 6.54 Å². The van der Waals surface area contributed by atoms with Crippen LogP contribution in [0.1, 0.15) is 43.4 Å². The third-order valence-corrected chi connectivity index (χ3v) is 3.94. The molecule has 1 aromatic rings. The Hall–Kier alpha value is -0.380. The highest BCUT2D eigenvalue weighted by Crippen LogP contribution is 2.16. The van der Waals surface area contributed by atoms with E-state index in [1.54, 1.807) is 0 Å². The molecule has 0 bridgehead atoms. The number of nitrogens with one attached hydrogen (secondary N) is 1. The lowest BCUT2D eigenvalue weighted by molar-refractivity contribution is 0.397. The van der Waals surface area contributed by atoms with Gasteiger partial charge in [0.2, 0.25) is 0 Å². The van der Waals surface area contributed by atoms with Crippen molar-refractivity contribution in [3.63, 3.8) is 0 Å². The van der Waals surface area contributed by atoms with Gasteiger partial charge in [0.15, 0.2) is 0 Å². The van der Waals surface area contributed by atoms with Crippen LogP contribution in [0.2, 0.25) is 0 Å². The highest BCUT2D eigenvalue weighted by atomic mass is 32.1. The quantitative estimate of drug-likeness (QED) is 0.769. The molecule has 0 saturated carbocycles. The van der Waals surface area contributed by atoms with Crippen molar-refractivity contribution in [2.45, 2.75) is 52.1 Å². The Morgan fingerprint density at radius 1 is 1.31 bits per heavy atom. The first-order valence-corrected chi connectivity index (χ1v) is 6.96. The molecule has 1 unspecified atom stereocenters. The van der Waals surface area contributed by atoms with E-state index in [1.807, 2.05) is 11.3 Å². The molecule has 0 fully saturated rings. The van der Waals surface area contributed by atoms with Crippen LogP contribution in [0.15, 0.2) is 12.1 Å². The summed E-state index contributed by atoms with van der Waals surface area (Å²) in [5, 5.41) is 3.45. The number of aryl methyl sites for hydroxylation is 1. The maximum atomic E-state index is 6.16. The number of hydrogen-bond acceptors (Lipinski definition) is 3. The van der Waals surface area contributed by atoms with Crippen molar-refractivity contribution >= 4 is 11.3 Å². The van der Waals surface area contributed by atoms with E-state index in [9.17, 15) is 0 Å². The lowest BCUT2D eigenvalue weighted by Crippen LogP contribution is -2.45. The molecule has 0 saturated heterocycles. The molecule has 0 amide bonds. The molecule has 1 heterocycles. The lowest BCUT2D eigenvalue weighted by Gasteiger charge is -2.24. The summed E-state index contributed by atoms with van der Waals surface area (Å²) in [5.41, 5.74) is 6.09. The van der Waals surface area contributed by atoms with E-state index in [0.29, 0.717) is 0 Å². The van der Waals surface area contributed by atoms with Crippen LogP contribution in [0.25, 0.3) is 0 Å². The molecule has 0 aliphatic heterocycles. The van der Waals surface area contributed by atoms with Gasteiger partial charge >= 0.3 is 0 Å². The van der Waals surface area contributed by atoms with Gasteiger partial charge in [-0.1, -0.05) is 20.3 Å². The minimum atomic E-state index is -0.0698. The molecule has 0 aromatic carbocycles. The molecule has 92 valence electrons. The first kappa shape index (κ1) is 13.7. The van der Waals surface area contributed by atoms with Gasteiger partial charge in [-0.2, -0.15) is 0 Å². The number of rotatable bonds is 7. The van der Waals surface area contributed by atoms with E-state index >= 15 is 0 Å². The molecule has 1 atom stereocenters. The van der Waals surface area contributed by atoms with Gasteiger partial charge in [0.05, 0.1) is 0 Å². The lowest BCUT2D eigenvalue weighted by atomic mass is 9.98. The summed E-state index contributed by atoms with van der Waals surface area (Å²) in [7, 11) is 0. The second-order valence-electron chi connectivity index (χ2n) is 4.73. The fourth-order valence-electron chi connectivity index (χ4n) is 1.84. The molecule has 0 aliphatic carbocycles. The third-order valence-electron chi connectivity index (χ3n) is 2.71. The molecule has 0 aliphatic rings. The summed E-state index contributed by atoms with van der Waals surface area (Å²) in [4.78, 5) is 2.87. The van der Waals surface area contributed by atoms with Gasteiger partial charge in [-0.15, -0.1) is 11.3 Å². The van der Waals surface area contributed by atoms with Crippen LogP contribution >= 0.6 is 11.3 Å². The molecule has 16 heavy (non-hydrogen) atoms. The highest BCUT2D eigenvalue weighted by molar-refractivity contribution is 7.11. The van der Waals surface area contributed by atoms with Crippen LogP contribution in [0, 0.1) is 0 Å². The minimum absolute atomic E-state index is 0.0698. The Morgan fingerprint density at radius 2 is 2.00 bits per heavy atom. The maximum absolute atomic E-state index is 6.16. The van der Waals surface area contributed by atoms with Gasteiger partial charge in [-0.25, -0.2) is 0 Å². The molecular formula is C13H24N2S. The van der Waals surface area contributed by atoms with Crippen molar-refractivity contribution in [3.05, 3.63) is 21.9 Å². The van der Waals surface area contributed by atoms with E-state index < -0.39 is 0 Å². The maximum Gasteiger partial charge on any atom is 0.0300 e. The summed E-state index contributed by atoms with van der Waals surface area (Å²) < 4.78 is 0. The Morgan fingerprint density at radius 3 is 2.56 bits per heavy atom. The average Bonchev–Trinajstić information content (AvgIpc) is 2.65. The van der Waals surface area contributed by atoms with E-state index in [2.05, 4.69) is 38.2 Å². The second-order valence-corrected chi connectivity index (χ2v) is 5.98. The normalized spacial score (nSPS) is 15.0. The van der Waals surface area contributed by atoms with Gasteiger partial charge in [0.25, 0.3) is 0 Å². The zero-order chi connectivity index (χ0) is 12.0. The van der Waals surface area contributed by atoms with Crippen molar-refractivity contribution in [3.8, 4) is 0 Å². The minimum Gasteiger partial charge on any atom is -0.324 e. The van der Waals surface area contributed by atoms with Crippen molar-refractivity contribution in [1.29, 1.82) is 0 Å². The van der Waals surface area contributed by atoms with Crippen LogP contribution < -0.4 is 11.1 Å². The van der Waals surface area contributed by atoms with E-state index in [1.165, 1.54) is 9.75 Å². The molecular weight excluding hydrogens is 216 g/mol. The molecule has 0 spiro atoms. The third kappa shape index (κ3) is 4.64. The average molecular weight is 240 g/mol. The van der Waals surface area contributed by atoms with Crippen LogP contribution in [0.3, 0.4) is 0 Å². The van der Waals surface area contributed by atoms with Crippen molar-refractivity contribution in [2.24, 2.45) is 5.73 Å². The van der Waals surface area contributed by atoms with Crippen LogP contribution in [0.4, 0.5) is 0 Å². The molecule has 1 aromatic heterocycles. The van der Waals surface area contributed by atoms with Crippen LogP contribution in [-0.2, 0) is 13.0 Å². The second kappa shape index (κ2) is 6.38. The molecule has 1 rings (SSSR count). The first-order valence-electron chi connectivity index (χ1n) is 6.14. The van der Waals surface area contributed by atoms with Gasteiger partial charge in [0, 0.05) is 28.4 Å². The van der Waals surface area contributed by atoms with Gasteiger partial charge in [-0.3, -0.25) is 0 Å².